The van der Waals surface area contributed by atoms with Gasteiger partial charge in [0.25, 0.3) is 0 Å². The van der Waals surface area contributed by atoms with E-state index in [4.69, 9.17) is 32.9 Å². The lowest BCUT2D eigenvalue weighted by Gasteiger charge is -2.25. The molecule has 0 amide bonds. The summed E-state index contributed by atoms with van der Waals surface area (Å²) in [5.41, 5.74) is 3.74. The molecule has 30 heavy (non-hydrogen) atoms. The van der Waals surface area contributed by atoms with Crippen molar-refractivity contribution in [2.24, 2.45) is 0 Å². The second-order valence-electron chi connectivity index (χ2n) is 7.10. The van der Waals surface area contributed by atoms with E-state index in [-0.39, 0.29) is 5.97 Å². The first kappa shape index (κ1) is 20.8. The molecule has 2 aromatic carbocycles. The highest BCUT2D eigenvalue weighted by molar-refractivity contribution is 6.36. The molecule has 1 aromatic heterocycles. The van der Waals surface area contributed by atoms with Crippen LogP contribution in [-0.2, 0) is 16.1 Å². The molecular weight excluding hydrogens is 423 g/mol. The van der Waals surface area contributed by atoms with Crippen LogP contribution >= 0.6 is 23.2 Å². The van der Waals surface area contributed by atoms with Crippen molar-refractivity contribution in [3.63, 3.8) is 0 Å². The average Bonchev–Trinajstić information content (AvgIpc) is 3.25. The smallest absolute Gasteiger partial charge is 0.307 e. The van der Waals surface area contributed by atoms with Crippen molar-refractivity contribution in [2.45, 2.75) is 40.0 Å². The van der Waals surface area contributed by atoms with Crippen LogP contribution in [0.25, 0.3) is 11.0 Å². The van der Waals surface area contributed by atoms with Crippen LogP contribution in [0.2, 0.25) is 10.0 Å². The third-order valence-electron chi connectivity index (χ3n) is 5.40. The van der Waals surface area contributed by atoms with Crippen molar-refractivity contribution in [3.05, 3.63) is 46.4 Å². The van der Waals surface area contributed by atoms with Gasteiger partial charge in [-0.2, -0.15) is 0 Å². The number of halogens is 2. The van der Waals surface area contributed by atoms with Crippen molar-refractivity contribution in [1.82, 2.24) is 9.55 Å². The summed E-state index contributed by atoms with van der Waals surface area (Å²) in [4.78, 5) is 21.2. The molecule has 3 aromatic rings. The van der Waals surface area contributed by atoms with Gasteiger partial charge in [-0.3, -0.25) is 9.69 Å². The number of esters is 1. The van der Waals surface area contributed by atoms with Crippen LogP contribution < -0.4 is 9.80 Å². The Bertz CT molecular complexity index is 1090. The quantitative estimate of drug-likeness (QED) is 0.459. The maximum atomic E-state index is 12.1. The Balaban J connectivity index is 1.90. The number of benzene rings is 2. The van der Waals surface area contributed by atoms with Crippen LogP contribution in [0.15, 0.2) is 36.4 Å². The molecule has 0 radical (unpaired) electrons. The molecule has 6 nitrogen and oxygen atoms in total. The van der Waals surface area contributed by atoms with Crippen molar-refractivity contribution in [1.29, 1.82) is 0 Å². The van der Waals surface area contributed by atoms with E-state index >= 15 is 0 Å². The number of carbonyl (C=O) groups is 1. The molecule has 4 rings (SSSR count). The van der Waals surface area contributed by atoms with Crippen molar-refractivity contribution < 1.29 is 9.53 Å². The van der Waals surface area contributed by atoms with Gasteiger partial charge in [0.15, 0.2) is 6.23 Å². The Labute approximate surface area is 185 Å². The number of rotatable bonds is 6. The van der Waals surface area contributed by atoms with E-state index in [0.29, 0.717) is 34.6 Å². The fourth-order valence-electron chi connectivity index (χ4n) is 3.96. The Hall–Kier alpha value is -2.44. The highest BCUT2D eigenvalue weighted by atomic mass is 35.5. The summed E-state index contributed by atoms with van der Waals surface area (Å²) in [7, 11) is 0. The summed E-state index contributed by atoms with van der Waals surface area (Å²) in [5, 5.41) is 1.02. The molecule has 0 fully saturated rings. The molecule has 0 bridgehead atoms. The summed E-state index contributed by atoms with van der Waals surface area (Å²) >= 11 is 12.6. The second-order valence-corrected chi connectivity index (χ2v) is 7.95. The maximum absolute atomic E-state index is 12.1. The third-order valence-corrected chi connectivity index (χ3v) is 5.93. The minimum Gasteiger partial charge on any atom is -0.439 e. The largest absolute Gasteiger partial charge is 0.439 e. The molecule has 0 N–H and O–H groups in total. The van der Waals surface area contributed by atoms with E-state index in [9.17, 15) is 4.79 Å². The number of fused-ring (bicyclic) bond motifs is 3. The van der Waals surface area contributed by atoms with Gasteiger partial charge in [0.2, 0.25) is 5.95 Å². The zero-order chi connectivity index (χ0) is 21.4. The van der Waals surface area contributed by atoms with Gasteiger partial charge in [-0.05, 0) is 44.2 Å². The number of aromatic nitrogens is 2. The lowest BCUT2D eigenvalue weighted by molar-refractivity contribution is -0.148. The molecule has 1 unspecified atom stereocenters. The molecule has 2 heterocycles. The molecule has 1 aliphatic rings. The number of imidazole rings is 1. The van der Waals surface area contributed by atoms with Gasteiger partial charge in [-0.1, -0.05) is 36.2 Å². The maximum Gasteiger partial charge on any atom is 0.307 e. The van der Waals surface area contributed by atoms with Crippen LogP contribution in [0.5, 0.6) is 0 Å². The number of hydrogen-bond acceptors (Lipinski definition) is 5. The van der Waals surface area contributed by atoms with Gasteiger partial charge in [0.05, 0.1) is 34.0 Å². The molecule has 0 aliphatic carbocycles. The highest BCUT2D eigenvalue weighted by Gasteiger charge is 2.37. The zero-order valence-electron chi connectivity index (χ0n) is 17.2. The van der Waals surface area contributed by atoms with Crippen LogP contribution in [-0.4, -0.2) is 34.8 Å². The predicted octanol–water partition coefficient (Wildman–Crippen LogP) is 5.62. The summed E-state index contributed by atoms with van der Waals surface area (Å²) in [6, 6.07) is 11.4. The average molecular weight is 447 g/mol. The van der Waals surface area contributed by atoms with Gasteiger partial charge in [-0.25, -0.2) is 4.98 Å². The Morgan fingerprint density at radius 2 is 1.97 bits per heavy atom. The number of hydrogen-bond donors (Lipinski definition) is 0. The van der Waals surface area contributed by atoms with Crippen molar-refractivity contribution >= 4 is 57.5 Å². The number of anilines is 3. The van der Waals surface area contributed by atoms with E-state index in [1.807, 2.05) is 23.1 Å². The van der Waals surface area contributed by atoms with Gasteiger partial charge >= 0.3 is 5.97 Å². The summed E-state index contributed by atoms with van der Waals surface area (Å²) in [6.45, 7) is 8.29. The summed E-state index contributed by atoms with van der Waals surface area (Å²) in [6.07, 6.45) is -0.236. The summed E-state index contributed by atoms with van der Waals surface area (Å²) < 4.78 is 7.89. The first-order valence-electron chi connectivity index (χ1n) is 10.2. The minimum atomic E-state index is -0.534. The molecule has 1 aliphatic heterocycles. The zero-order valence-corrected chi connectivity index (χ0v) is 18.7. The first-order chi connectivity index (χ1) is 14.5. The molecule has 8 heteroatoms. The van der Waals surface area contributed by atoms with E-state index in [0.717, 1.165) is 29.8 Å². The lowest BCUT2D eigenvalue weighted by Crippen LogP contribution is -2.33. The normalized spacial score (nSPS) is 15.5. The van der Waals surface area contributed by atoms with Crippen molar-refractivity contribution in [2.75, 3.05) is 22.9 Å². The van der Waals surface area contributed by atoms with E-state index in [1.54, 1.807) is 19.1 Å². The number of para-hydroxylation sites is 1. The fraction of sp³-hybridized carbons (Fsp3) is 0.364. The first-order valence-corrected chi connectivity index (χ1v) is 10.9. The SMILES string of the molecule is CCC(=O)OC1Cn2c(nc3cccc(N(CC)CC)c32)N1c1ccc(Cl)cc1Cl. The van der Waals surface area contributed by atoms with Gasteiger partial charge < -0.3 is 14.2 Å². The van der Waals surface area contributed by atoms with Crippen LogP contribution in [0.4, 0.5) is 17.3 Å². The van der Waals surface area contributed by atoms with Gasteiger partial charge in [0.1, 0.15) is 0 Å². The number of carbonyl (C=O) groups excluding carboxylic acids is 1. The number of nitrogens with zero attached hydrogens (tertiary/aromatic N) is 4. The molecule has 1 atom stereocenters. The summed E-state index contributed by atoms with van der Waals surface area (Å²) in [5.74, 6) is 0.428. The minimum absolute atomic E-state index is 0.269. The molecule has 0 spiro atoms. The third kappa shape index (κ3) is 3.48. The van der Waals surface area contributed by atoms with Gasteiger partial charge in [-0.15, -0.1) is 0 Å². The van der Waals surface area contributed by atoms with E-state index in [2.05, 4.69) is 29.4 Å². The van der Waals surface area contributed by atoms with E-state index < -0.39 is 6.23 Å². The topological polar surface area (TPSA) is 50.6 Å². The monoisotopic (exact) mass is 446 g/mol. The number of ether oxygens (including phenoxy) is 1. The Morgan fingerprint density at radius 1 is 1.20 bits per heavy atom. The Morgan fingerprint density at radius 3 is 2.63 bits per heavy atom. The fourth-order valence-corrected chi connectivity index (χ4v) is 4.46. The molecular formula is C22H24Cl2N4O2. The molecule has 0 saturated heterocycles. The van der Waals surface area contributed by atoms with E-state index in [1.165, 1.54) is 0 Å². The lowest BCUT2D eigenvalue weighted by atomic mass is 10.2. The predicted molar refractivity (Wildman–Crippen MR) is 122 cm³/mol. The van der Waals surface area contributed by atoms with Crippen molar-refractivity contribution in [3.8, 4) is 0 Å². The molecule has 158 valence electrons. The molecule has 0 saturated carbocycles. The Kier molecular flexibility index (Phi) is 5.80. The van der Waals surface area contributed by atoms with Crippen LogP contribution in [0, 0.1) is 0 Å². The van der Waals surface area contributed by atoms with Gasteiger partial charge in [0, 0.05) is 24.5 Å². The second kappa shape index (κ2) is 8.36. The highest BCUT2D eigenvalue weighted by Crippen LogP contribution is 2.42. The van der Waals surface area contributed by atoms with Crippen LogP contribution in [0.3, 0.4) is 0 Å². The standard InChI is InChI=1S/C22H24Cl2N4O2/c1-4-20(29)30-19-13-27-21-16(8-7-9-18(21)26(5-2)6-3)25-22(27)28(19)17-11-10-14(23)12-15(17)24/h7-12,19H,4-6,13H2,1-3H3. The van der Waals surface area contributed by atoms with Crippen LogP contribution in [0.1, 0.15) is 27.2 Å².